The van der Waals surface area contributed by atoms with E-state index in [0.717, 1.165) is 0 Å². The summed E-state index contributed by atoms with van der Waals surface area (Å²) < 4.78 is 15.9. The minimum absolute atomic E-state index is 0.380. The SMILES string of the molecule is COc1cc(OC)c(-c2nccc(N)n2)c(OC)c1. The third-order valence-electron chi connectivity index (χ3n) is 2.62. The maximum atomic E-state index is 5.68. The molecule has 100 valence electrons. The van der Waals surface area contributed by atoms with Gasteiger partial charge in [-0.1, -0.05) is 0 Å². The van der Waals surface area contributed by atoms with Crippen molar-refractivity contribution in [3.8, 4) is 28.6 Å². The van der Waals surface area contributed by atoms with Gasteiger partial charge in [0.1, 0.15) is 28.6 Å². The number of anilines is 1. The first-order valence-corrected chi connectivity index (χ1v) is 5.58. The van der Waals surface area contributed by atoms with Crippen LogP contribution in [0.4, 0.5) is 5.82 Å². The van der Waals surface area contributed by atoms with E-state index in [1.807, 2.05) is 0 Å². The number of nitrogen functional groups attached to an aromatic ring is 1. The van der Waals surface area contributed by atoms with E-state index in [2.05, 4.69) is 9.97 Å². The molecule has 0 amide bonds. The van der Waals surface area contributed by atoms with Crippen molar-refractivity contribution in [3.05, 3.63) is 24.4 Å². The van der Waals surface area contributed by atoms with Crippen LogP contribution in [0.1, 0.15) is 0 Å². The Morgan fingerprint density at radius 1 is 1.00 bits per heavy atom. The zero-order valence-electron chi connectivity index (χ0n) is 11.0. The number of methoxy groups -OCH3 is 3. The minimum Gasteiger partial charge on any atom is -0.496 e. The average molecular weight is 261 g/mol. The number of hydrogen-bond acceptors (Lipinski definition) is 6. The van der Waals surface area contributed by atoms with Crippen molar-refractivity contribution >= 4 is 5.82 Å². The summed E-state index contributed by atoms with van der Waals surface area (Å²) in [5.41, 5.74) is 6.31. The molecule has 1 aromatic carbocycles. The van der Waals surface area contributed by atoms with E-state index < -0.39 is 0 Å². The molecule has 1 aromatic heterocycles. The van der Waals surface area contributed by atoms with E-state index in [1.54, 1.807) is 45.7 Å². The molecule has 0 saturated heterocycles. The van der Waals surface area contributed by atoms with Crippen molar-refractivity contribution in [3.63, 3.8) is 0 Å². The molecule has 0 fully saturated rings. The van der Waals surface area contributed by atoms with Gasteiger partial charge in [-0.25, -0.2) is 9.97 Å². The molecule has 2 aromatic rings. The summed E-state index contributed by atoms with van der Waals surface area (Å²) in [5, 5.41) is 0. The van der Waals surface area contributed by atoms with Crippen molar-refractivity contribution in [2.75, 3.05) is 27.1 Å². The summed E-state index contributed by atoms with van der Waals surface area (Å²) in [7, 11) is 4.69. The molecule has 0 aliphatic carbocycles. The van der Waals surface area contributed by atoms with Crippen molar-refractivity contribution in [1.29, 1.82) is 0 Å². The quantitative estimate of drug-likeness (QED) is 0.903. The first-order valence-electron chi connectivity index (χ1n) is 5.58. The zero-order valence-corrected chi connectivity index (χ0v) is 11.0. The largest absolute Gasteiger partial charge is 0.496 e. The normalized spacial score (nSPS) is 10.1. The molecular weight excluding hydrogens is 246 g/mol. The monoisotopic (exact) mass is 261 g/mol. The van der Waals surface area contributed by atoms with Crippen LogP contribution < -0.4 is 19.9 Å². The topological polar surface area (TPSA) is 79.5 Å². The molecule has 0 bridgehead atoms. The Labute approximate surface area is 111 Å². The van der Waals surface area contributed by atoms with E-state index >= 15 is 0 Å². The molecule has 0 unspecified atom stereocenters. The average Bonchev–Trinajstić information content (AvgIpc) is 2.45. The standard InChI is InChI=1S/C13H15N3O3/c1-17-8-6-9(18-2)12(10(7-8)19-3)13-15-5-4-11(14)16-13/h4-7H,1-3H3,(H2,14,15,16). The Morgan fingerprint density at radius 3 is 2.11 bits per heavy atom. The molecule has 2 rings (SSSR count). The first-order chi connectivity index (χ1) is 9.19. The molecule has 6 nitrogen and oxygen atoms in total. The number of ether oxygens (including phenoxy) is 3. The van der Waals surface area contributed by atoms with E-state index in [-0.39, 0.29) is 0 Å². The summed E-state index contributed by atoms with van der Waals surface area (Å²) in [5.74, 6) is 2.56. The zero-order chi connectivity index (χ0) is 13.8. The summed E-state index contributed by atoms with van der Waals surface area (Å²) >= 11 is 0. The van der Waals surface area contributed by atoms with Crippen LogP contribution in [0, 0.1) is 0 Å². The molecule has 0 spiro atoms. The van der Waals surface area contributed by atoms with Crippen LogP contribution in [0.25, 0.3) is 11.4 Å². The van der Waals surface area contributed by atoms with Crippen LogP contribution in [-0.2, 0) is 0 Å². The van der Waals surface area contributed by atoms with Gasteiger partial charge >= 0.3 is 0 Å². The second-order valence-electron chi connectivity index (χ2n) is 3.71. The third kappa shape index (κ3) is 2.52. The van der Waals surface area contributed by atoms with Crippen LogP contribution in [-0.4, -0.2) is 31.3 Å². The fraction of sp³-hybridized carbons (Fsp3) is 0.231. The highest BCUT2D eigenvalue weighted by Gasteiger charge is 2.17. The lowest BCUT2D eigenvalue weighted by atomic mass is 10.1. The van der Waals surface area contributed by atoms with Crippen molar-refractivity contribution in [2.45, 2.75) is 0 Å². The van der Waals surface area contributed by atoms with E-state index in [9.17, 15) is 0 Å². The molecule has 2 N–H and O–H groups in total. The lowest BCUT2D eigenvalue weighted by Gasteiger charge is -2.14. The first kappa shape index (κ1) is 12.9. The molecule has 19 heavy (non-hydrogen) atoms. The Morgan fingerprint density at radius 2 is 1.63 bits per heavy atom. The summed E-state index contributed by atoms with van der Waals surface area (Å²) in [6.07, 6.45) is 1.58. The fourth-order valence-electron chi connectivity index (χ4n) is 1.72. The lowest BCUT2D eigenvalue weighted by molar-refractivity contribution is 0.377. The van der Waals surface area contributed by atoms with Crippen molar-refractivity contribution in [1.82, 2.24) is 9.97 Å². The van der Waals surface area contributed by atoms with Crippen LogP contribution in [0.15, 0.2) is 24.4 Å². The highest BCUT2D eigenvalue weighted by molar-refractivity contribution is 5.74. The van der Waals surface area contributed by atoms with Crippen molar-refractivity contribution < 1.29 is 14.2 Å². The molecular formula is C13H15N3O3. The lowest BCUT2D eigenvalue weighted by Crippen LogP contribution is -2.00. The van der Waals surface area contributed by atoms with Crippen LogP contribution in [0.3, 0.4) is 0 Å². The molecule has 1 heterocycles. The van der Waals surface area contributed by atoms with Gasteiger partial charge in [0.2, 0.25) is 0 Å². The smallest absolute Gasteiger partial charge is 0.169 e. The van der Waals surface area contributed by atoms with Gasteiger partial charge in [-0.2, -0.15) is 0 Å². The van der Waals surface area contributed by atoms with Gasteiger partial charge in [0.15, 0.2) is 5.82 Å². The molecule has 0 saturated carbocycles. The number of rotatable bonds is 4. The van der Waals surface area contributed by atoms with Gasteiger partial charge in [0.25, 0.3) is 0 Å². The number of benzene rings is 1. The summed E-state index contributed by atoms with van der Waals surface area (Å²) in [4.78, 5) is 8.37. The Kier molecular flexibility index (Phi) is 3.70. The number of nitrogens with two attached hydrogens (primary N) is 1. The van der Waals surface area contributed by atoms with Gasteiger partial charge in [-0.15, -0.1) is 0 Å². The van der Waals surface area contributed by atoms with Gasteiger partial charge in [0.05, 0.1) is 21.3 Å². The maximum absolute atomic E-state index is 5.68. The second kappa shape index (κ2) is 5.43. The van der Waals surface area contributed by atoms with Gasteiger partial charge in [-0.3, -0.25) is 0 Å². The molecule has 0 aliphatic heterocycles. The van der Waals surface area contributed by atoms with Crippen molar-refractivity contribution in [2.24, 2.45) is 0 Å². The number of aromatic nitrogens is 2. The fourth-order valence-corrected chi connectivity index (χ4v) is 1.72. The molecule has 0 atom stereocenters. The molecule has 0 aliphatic rings. The number of nitrogens with zero attached hydrogens (tertiary/aromatic N) is 2. The third-order valence-corrected chi connectivity index (χ3v) is 2.62. The van der Waals surface area contributed by atoms with Crippen LogP contribution in [0.2, 0.25) is 0 Å². The molecule has 6 heteroatoms. The predicted molar refractivity (Wildman–Crippen MR) is 71.5 cm³/mol. The van der Waals surface area contributed by atoms with Gasteiger partial charge in [-0.05, 0) is 6.07 Å². The molecule has 0 radical (unpaired) electrons. The van der Waals surface area contributed by atoms with Crippen LogP contribution >= 0.6 is 0 Å². The Hall–Kier alpha value is -2.50. The number of hydrogen-bond donors (Lipinski definition) is 1. The predicted octanol–water partition coefficient (Wildman–Crippen LogP) is 1.75. The second-order valence-corrected chi connectivity index (χ2v) is 3.71. The highest BCUT2D eigenvalue weighted by Crippen LogP contribution is 2.40. The highest BCUT2D eigenvalue weighted by atomic mass is 16.5. The van der Waals surface area contributed by atoms with Gasteiger partial charge < -0.3 is 19.9 Å². The van der Waals surface area contributed by atoms with E-state index in [1.165, 1.54) is 0 Å². The summed E-state index contributed by atoms with van der Waals surface area (Å²) in [6, 6.07) is 5.10. The minimum atomic E-state index is 0.380. The van der Waals surface area contributed by atoms with Crippen LogP contribution in [0.5, 0.6) is 17.2 Å². The summed E-state index contributed by atoms with van der Waals surface area (Å²) in [6.45, 7) is 0. The van der Waals surface area contributed by atoms with E-state index in [0.29, 0.717) is 34.5 Å². The maximum Gasteiger partial charge on any atom is 0.169 e. The van der Waals surface area contributed by atoms with Gasteiger partial charge in [0, 0.05) is 18.3 Å². The van der Waals surface area contributed by atoms with E-state index in [4.69, 9.17) is 19.9 Å². The Bertz CT molecular complexity index is 562. The Balaban J connectivity index is 2.66.